The molecule has 4 aromatic rings. The van der Waals surface area contributed by atoms with Crippen LogP contribution < -0.4 is 5.43 Å². The van der Waals surface area contributed by atoms with Crippen LogP contribution in [0.4, 0.5) is 4.39 Å². The minimum absolute atomic E-state index is 0.212. The fourth-order valence-electron chi connectivity index (χ4n) is 2.62. The van der Waals surface area contributed by atoms with Crippen molar-refractivity contribution < 1.29 is 8.81 Å². The lowest BCUT2D eigenvalue weighted by atomic mass is 10.0. The lowest BCUT2D eigenvalue weighted by molar-refractivity contribution is 0.604. The van der Waals surface area contributed by atoms with Crippen molar-refractivity contribution >= 4 is 21.7 Å². The van der Waals surface area contributed by atoms with E-state index in [0.29, 0.717) is 11.0 Å². The minimum atomic E-state index is -0.442. The van der Waals surface area contributed by atoms with Crippen LogP contribution in [0.2, 0.25) is 0 Å². The van der Waals surface area contributed by atoms with Gasteiger partial charge in [-0.15, -0.1) is 0 Å². The summed E-state index contributed by atoms with van der Waals surface area (Å²) in [5.74, 6) is -0.442. The van der Waals surface area contributed by atoms with Gasteiger partial charge in [0.15, 0.2) is 0 Å². The molecule has 0 aliphatic rings. The molecule has 106 valence electrons. The molecule has 4 heteroatoms. The topological polar surface area (TPSA) is 43.1 Å². The van der Waals surface area contributed by atoms with E-state index in [1.54, 1.807) is 6.07 Å². The normalized spacial score (nSPS) is 11.1. The summed E-state index contributed by atoms with van der Waals surface area (Å²) in [6.45, 7) is 0. The van der Waals surface area contributed by atoms with E-state index in [1.165, 1.54) is 24.6 Å². The Balaban J connectivity index is 2.13. The number of fused-ring (bicyclic) bond motifs is 3. The third kappa shape index (κ3) is 1.89. The maximum absolute atomic E-state index is 13.4. The molecule has 0 spiro atoms. The number of pyridine rings is 1. The first kappa shape index (κ1) is 12.7. The molecule has 0 amide bonds. The summed E-state index contributed by atoms with van der Waals surface area (Å²) in [5, 5.41) is 2.25. The van der Waals surface area contributed by atoms with Crippen molar-refractivity contribution in [1.29, 1.82) is 0 Å². The molecule has 0 fully saturated rings. The highest BCUT2D eigenvalue weighted by Gasteiger charge is 2.13. The first-order valence-corrected chi connectivity index (χ1v) is 6.79. The SMILES string of the molecule is O=c1c(-c2cc(F)ccn2)coc2ccc3ccccc3c12. The first-order chi connectivity index (χ1) is 10.7. The summed E-state index contributed by atoms with van der Waals surface area (Å²) in [6, 6.07) is 13.7. The van der Waals surface area contributed by atoms with Crippen LogP contribution in [0.1, 0.15) is 0 Å². The van der Waals surface area contributed by atoms with Gasteiger partial charge in [-0.25, -0.2) is 4.39 Å². The molecule has 0 aliphatic heterocycles. The molecule has 0 N–H and O–H groups in total. The van der Waals surface area contributed by atoms with Crippen LogP contribution in [0.15, 0.2) is 70.2 Å². The van der Waals surface area contributed by atoms with Crippen LogP contribution in [0.25, 0.3) is 33.0 Å². The van der Waals surface area contributed by atoms with Crippen molar-refractivity contribution in [2.75, 3.05) is 0 Å². The van der Waals surface area contributed by atoms with E-state index in [2.05, 4.69) is 4.98 Å². The predicted octanol–water partition coefficient (Wildman–Crippen LogP) is 4.15. The van der Waals surface area contributed by atoms with Crippen molar-refractivity contribution in [2.24, 2.45) is 0 Å². The van der Waals surface area contributed by atoms with Gasteiger partial charge in [0.25, 0.3) is 0 Å². The number of benzene rings is 2. The van der Waals surface area contributed by atoms with Crippen molar-refractivity contribution in [1.82, 2.24) is 4.98 Å². The summed E-state index contributed by atoms with van der Waals surface area (Å²) in [7, 11) is 0. The van der Waals surface area contributed by atoms with Crippen molar-refractivity contribution in [3.63, 3.8) is 0 Å². The number of aromatic nitrogens is 1. The van der Waals surface area contributed by atoms with Crippen LogP contribution in [-0.2, 0) is 0 Å². The number of nitrogens with zero attached hydrogens (tertiary/aromatic N) is 1. The van der Waals surface area contributed by atoms with Crippen LogP contribution in [0, 0.1) is 5.82 Å². The second-order valence-corrected chi connectivity index (χ2v) is 5.00. The fraction of sp³-hybridized carbons (Fsp3) is 0. The Bertz CT molecular complexity index is 1070. The van der Waals surface area contributed by atoms with Gasteiger partial charge in [0, 0.05) is 12.3 Å². The maximum Gasteiger partial charge on any atom is 0.202 e. The standard InChI is InChI=1S/C18H10FNO2/c19-12-7-8-20-15(9-12)14-10-22-16-6-5-11-3-1-2-4-13(11)17(16)18(14)21/h1-10H. The molecule has 2 aromatic carbocycles. The molecule has 22 heavy (non-hydrogen) atoms. The van der Waals surface area contributed by atoms with E-state index in [0.717, 1.165) is 10.8 Å². The summed E-state index contributed by atoms with van der Waals surface area (Å²) >= 11 is 0. The Morgan fingerprint density at radius 2 is 1.91 bits per heavy atom. The van der Waals surface area contributed by atoms with Gasteiger partial charge in [0.05, 0.1) is 16.6 Å². The zero-order valence-electron chi connectivity index (χ0n) is 11.4. The molecule has 0 saturated heterocycles. The highest BCUT2D eigenvalue weighted by molar-refractivity contribution is 6.06. The molecule has 0 unspecified atom stereocenters. The Labute approximate surface area is 124 Å². The van der Waals surface area contributed by atoms with Gasteiger partial charge in [0.1, 0.15) is 17.7 Å². The van der Waals surface area contributed by atoms with E-state index in [-0.39, 0.29) is 16.7 Å². The van der Waals surface area contributed by atoms with Crippen LogP contribution >= 0.6 is 0 Å². The lowest BCUT2D eigenvalue weighted by Crippen LogP contribution is -2.06. The molecular formula is C18H10FNO2. The fourth-order valence-corrected chi connectivity index (χ4v) is 2.62. The Hall–Kier alpha value is -3.01. The van der Waals surface area contributed by atoms with E-state index in [4.69, 9.17) is 4.42 Å². The highest BCUT2D eigenvalue weighted by Crippen LogP contribution is 2.25. The van der Waals surface area contributed by atoms with Crippen LogP contribution in [0.3, 0.4) is 0 Å². The Kier molecular flexibility index (Phi) is 2.76. The number of rotatable bonds is 1. The average Bonchev–Trinajstić information content (AvgIpc) is 2.55. The summed E-state index contributed by atoms with van der Waals surface area (Å²) < 4.78 is 18.9. The van der Waals surface area contributed by atoms with Gasteiger partial charge < -0.3 is 4.42 Å². The highest BCUT2D eigenvalue weighted by atomic mass is 19.1. The van der Waals surface area contributed by atoms with Gasteiger partial charge in [0.2, 0.25) is 5.43 Å². The van der Waals surface area contributed by atoms with Crippen molar-refractivity contribution in [2.45, 2.75) is 0 Å². The molecule has 0 bridgehead atoms. The molecule has 0 aliphatic carbocycles. The van der Waals surface area contributed by atoms with E-state index in [1.807, 2.05) is 30.3 Å². The quantitative estimate of drug-likeness (QED) is 0.495. The van der Waals surface area contributed by atoms with E-state index in [9.17, 15) is 9.18 Å². The van der Waals surface area contributed by atoms with Crippen molar-refractivity contribution in [3.8, 4) is 11.3 Å². The summed E-state index contributed by atoms with van der Waals surface area (Å²) in [4.78, 5) is 16.9. The number of hydrogen-bond donors (Lipinski definition) is 0. The number of hydrogen-bond acceptors (Lipinski definition) is 3. The third-order valence-electron chi connectivity index (χ3n) is 3.66. The molecule has 0 atom stereocenters. The van der Waals surface area contributed by atoms with Gasteiger partial charge >= 0.3 is 0 Å². The van der Waals surface area contributed by atoms with Crippen LogP contribution in [-0.4, -0.2) is 4.98 Å². The third-order valence-corrected chi connectivity index (χ3v) is 3.66. The molecule has 2 heterocycles. The van der Waals surface area contributed by atoms with Gasteiger partial charge in [-0.3, -0.25) is 9.78 Å². The number of halogens is 1. The van der Waals surface area contributed by atoms with E-state index >= 15 is 0 Å². The molecule has 4 rings (SSSR count). The lowest BCUT2D eigenvalue weighted by Gasteiger charge is -2.05. The Morgan fingerprint density at radius 3 is 2.77 bits per heavy atom. The van der Waals surface area contributed by atoms with Crippen molar-refractivity contribution in [3.05, 3.63) is 77.0 Å². The minimum Gasteiger partial charge on any atom is -0.463 e. The molecular weight excluding hydrogens is 281 g/mol. The molecule has 3 nitrogen and oxygen atoms in total. The summed E-state index contributed by atoms with van der Waals surface area (Å²) in [6.07, 6.45) is 2.67. The monoisotopic (exact) mass is 291 g/mol. The van der Waals surface area contributed by atoms with Gasteiger partial charge in [-0.2, -0.15) is 0 Å². The Morgan fingerprint density at radius 1 is 1.05 bits per heavy atom. The molecule has 0 radical (unpaired) electrons. The zero-order valence-corrected chi connectivity index (χ0v) is 11.4. The zero-order chi connectivity index (χ0) is 15.1. The van der Waals surface area contributed by atoms with Crippen LogP contribution in [0.5, 0.6) is 0 Å². The first-order valence-electron chi connectivity index (χ1n) is 6.79. The molecule has 0 saturated carbocycles. The van der Waals surface area contributed by atoms with E-state index < -0.39 is 5.82 Å². The van der Waals surface area contributed by atoms with Gasteiger partial charge in [-0.1, -0.05) is 30.3 Å². The second-order valence-electron chi connectivity index (χ2n) is 5.00. The molecule has 2 aromatic heterocycles. The average molecular weight is 291 g/mol. The second kappa shape index (κ2) is 4.77. The smallest absolute Gasteiger partial charge is 0.202 e. The summed E-state index contributed by atoms with van der Waals surface area (Å²) in [5.41, 5.74) is 0.812. The van der Waals surface area contributed by atoms with Gasteiger partial charge in [-0.05, 0) is 22.9 Å². The largest absolute Gasteiger partial charge is 0.463 e. The maximum atomic E-state index is 13.4. The predicted molar refractivity (Wildman–Crippen MR) is 83.2 cm³/mol.